The van der Waals surface area contributed by atoms with E-state index in [9.17, 15) is 4.21 Å². The van der Waals surface area contributed by atoms with E-state index in [1.165, 1.54) is 0 Å². The van der Waals surface area contributed by atoms with E-state index in [0.717, 1.165) is 24.2 Å². The molecule has 0 saturated heterocycles. The fourth-order valence-electron chi connectivity index (χ4n) is 2.96. The Morgan fingerprint density at radius 2 is 1.90 bits per heavy atom. The Morgan fingerprint density at radius 1 is 1.25 bits per heavy atom. The van der Waals surface area contributed by atoms with Crippen molar-refractivity contribution in [3.63, 3.8) is 0 Å². The van der Waals surface area contributed by atoms with Gasteiger partial charge in [0.1, 0.15) is 0 Å². The topological polar surface area (TPSA) is 43.1 Å². The second-order valence-electron chi connectivity index (χ2n) is 6.81. The second-order valence-corrected chi connectivity index (χ2v) is 8.85. The Balaban J connectivity index is 2.22. The fourth-order valence-corrected chi connectivity index (χ4v) is 4.98. The Morgan fingerprint density at radius 3 is 2.50 bits per heavy atom. The van der Waals surface area contributed by atoms with Crippen LogP contribution in [-0.4, -0.2) is 15.5 Å². The molecule has 1 fully saturated rings. The summed E-state index contributed by atoms with van der Waals surface area (Å²) in [5.74, 6) is 0.568. The van der Waals surface area contributed by atoms with Gasteiger partial charge < -0.3 is 5.73 Å². The van der Waals surface area contributed by atoms with Gasteiger partial charge in [0.25, 0.3) is 0 Å². The van der Waals surface area contributed by atoms with Crippen molar-refractivity contribution in [2.45, 2.75) is 56.2 Å². The van der Waals surface area contributed by atoms with Gasteiger partial charge in [-0.3, -0.25) is 4.21 Å². The van der Waals surface area contributed by atoms with Crippen LogP contribution in [0.15, 0.2) is 29.2 Å². The Hall–Kier alpha value is -0.380. The molecule has 20 heavy (non-hydrogen) atoms. The lowest BCUT2D eigenvalue weighted by molar-refractivity contribution is 0.173. The standard InChI is InChI=1S/C16H24ClNOS/c1-16(2,3)11-8-9-13(18)15(10-11)20(19)14-7-5-4-6-12(14)17/h4-7,11,13,15H,8-10,18H2,1-3H3. The molecule has 0 heterocycles. The van der Waals surface area contributed by atoms with E-state index >= 15 is 0 Å². The normalized spacial score (nSPS) is 29.1. The van der Waals surface area contributed by atoms with Gasteiger partial charge in [-0.05, 0) is 42.7 Å². The minimum atomic E-state index is -1.12. The van der Waals surface area contributed by atoms with Gasteiger partial charge in [-0.1, -0.05) is 44.5 Å². The molecule has 1 aliphatic carbocycles. The molecule has 0 bridgehead atoms. The van der Waals surface area contributed by atoms with Gasteiger partial charge in [0.2, 0.25) is 0 Å². The third kappa shape index (κ3) is 3.44. The SMILES string of the molecule is CC(C)(C)C1CCC(N)C(S(=O)c2ccccc2Cl)C1. The van der Waals surface area contributed by atoms with Gasteiger partial charge >= 0.3 is 0 Å². The smallest absolute Gasteiger partial charge is 0.0591 e. The van der Waals surface area contributed by atoms with E-state index < -0.39 is 10.8 Å². The third-order valence-electron chi connectivity index (χ3n) is 4.40. The van der Waals surface area contributed by atoms with E-state index in [4.69, 9.17) is 17.3 Å². The van der Waals surface area contributed by atoms with Crippen LogP contribution in [0.25, 0.3) is 0 Å². The molecule has 4 unspecified atom stereocenters. The van der Waals surface area contributed by atoms with Crippen LogP contribution in [0.5, 0.6) is 0 Å². The van der Waals surface area contributed by atoms with Crippen LogP contribution in [0.2, 0.25) is 5.02 Å². The van der Waals surface area contributed by atoms with Crippen LogP contribution >= 0.6 is 11.6 Å². The van der Waals surface area contributed by atoms with E-state index in [1.807, 2.05) is 18.2 Å². The van der Waals surface area contributed by atoms with Crippen molar-refractivity contribution in [3.8, 4) is 0 Å². The van der Waals surface area contributed by atoms with Crippen LogP contribution in [0.4, 0.5) is 0 Å². The highest BCUT2D eigenvalue weighted by Gasteiger charge is 2.37. The van der Waals surface area contributed by atoms with Crippen molar-refractivity contribution in [1.82, 2.24) is 0 Å². The molecule has 112 valence electrons. The maximum Gasteiger partial charge on any atom is 0.0591 e. The second kappa shape index (κ2) is 6.17. The summed E-state index contributed by atoms with van der Waals surface area (Å²) in [4.78, 5) is 0.726. The van der Waals surface area contributed by atoms with E-state index in [-0.39, 0.29) is 16.7 Å². The average Bonchev–Trinajstić information content (AvgIpc) is 2.37. The summed E-state index contributed by atoms with van der Waals surface area (Å²) in [6.45, 7) is 6.76. The molecule has 1 saturated carbocycles. The summed E-state index contributed by atoms with van der Waals surface area (Å²) in [5, 5.41) is 0.587. The molecule has 1 aromatic carbocycles. The number of hydrogen-bond donors (Lipinski definition) is 1. The van der Waals surface area contributed by atoms with Crippen molar-refractivity contribution < 1.29 is 4.21 Å². The minimum Gasteiger partial charge on any atom is -0.327 e. The Kier molecular flexibility index (Phi) is 4.93. The molecule has 4 heteroatoms. The van der Waals surface area contributed by atoms with Crippen LogP contribution in [-0.2, 0) is 10.8 Å². The minimum absolute atomic E-state index is 0.00528. The van der Waals surface area contributed by atoms with E-state index in [1.54, 1.807) is 6.07 Å². The fraction of sp³-hybridized carbons (Fsp3) is 0.625. The number of nitrogens with two attached hydrogens (primary N) is 1. The molecule has 2 nitrogen and oxygen atoms in total. The first-order chi connectivity index (χ1) is 9.30. The molecule has 4 atom stereocenters. The first-order valence-corrected chi connectivity index (χ1v) is 8.80. The molecular weight excluding hydrogens is 290 g/mol. The lowest BCUT2D eigenvalue weighted by atomic mass is 9.71. The van der Waals surface area contributed by atoms with E-state index in [2.05, 4.69) is 20.8 Å². The predicted octanol–water partition coefficient (Wildman–Crippen LogP) is 3.99. The van der Waals surface area contributed by atoms with Gasteiger partial charge in [-0.15, -0.1) is 0 Å². The van der Waals surface area contributed by atoms with Crippen molar-refractivity contribution >= 4 is 22.4 Å². The van der Waals surface area contributed by atoms with Gasteiger partial charge in [0.05, 0.1) is 26.0 Å². The highest BCUT2D eigenvalue weighted by molar-refractivity contribution is 7.85. The number of rotatable bonds is 2. The zero-order valence-electron chi connectivity index (χ0n) is 12.4. The molecule has 0 aliphatic heterocycles. The highest BCUT2D eigenvalue weighted by Crippen LogP contribution is 2.40. The molecule has 1 aliphatic rings. The maximum absolute atomic E-state index is 12.9. The molecule has 2 N–H and O–H groups in total. The monoisotopic (exact) mass is 313 g/mol. The third-order valence-corrected chi connectivity index (χ3v) is 6.72. The summed E-state index contributed by atoms with van der Waals surface area (Å²) in [7, 11) is -1.12. The number of benzene rings is 1. The first-order valence-electron chi connectivity index (χ1n) is 7.21. The van der Waals surface area contributed by atoms with Crippen LogP contribution in [0, 0.1) is 11.3 Å². The summed E-state index contributed by atoms with van der Waals surface area (Å²) >= 11 is 6.18. The van der Waals surface area contributed by atoms with Gasteiger partial charge in [0, 0.05) is 6.04 Å². The van der Waals surface area contributed by atoms with E-state index in [0.29, 0.717) is 10.9 Å². The van der Waals surface area contributed by atoms with Crippen molar-refractivity contribution in [2.75, 3.05) is 0 Å². The predicted molar refractivity (Wildman–Crippen MR) is 86.4 cm³/mol. The zero-order chi connectivity index (χ0) is 14.9. The summed E-state index contributed by atoms with van der Waals surface area (Å²) in [5.41, 5.74) is 6.48. The zero-order valence-corrected chi connectivity index (χ0v) is 14.0. The lowest BCUT2D eigenvalue weighted by Gasteiger charge is -2.40. The largest absolute Gasteiger partial charge is 0.327 e. The molecule has 0 amide bonds. The lowest BCUT2D eigenvalue weighted by Crippen LogP contribution is -2.45. The van der Waals surface area contributed by atoms with Crippen molar-refractivity contribution in [3.05, 3.63) is 29.3 Å². The van der Waals surface area contributed by atoms with Gasteiger partial charge in [-0.2, -0.15) is 0 Å². The van der Waals surface area contributed by atoms with Crippen LogP contribution in [0.1, 0.15) is 40.0 Å². The number of halogens is 1. The number of hydrogen-bond acceptors (Lipinski definition) is 2. The summed E-state index contributed by atoms with van der Waals surface area (Å²) in [6.07, 6.45) is 2.99. The van der Waals surface area contributed by atoms with Crippen molar-refractivity contribution in [2.24, 2.45) is 17.1 Å². The molecule has 0 radical (unpaired) electrons. The summed E-state index contributed by atoms with van der Waals surface area (Å²) < 4.78 is 12.9. The molecule has 0 aromatic heterocycles. The molecule has 1 aromatic rings. The van der Waals surface area contributed by atoms with Gasteiger partial charge in [0.15, 0.2) is 0 Å². The Labute approximate surface area is 129 Å². The average molecular weight is 314 g/mol. The molecular formula is C16H24ClNOS. The van der Waals surface area contributed by atoms with Crippen molar-refractivity contribution in [1.29, 1.82) is 0 Å². The van der Waals surface area contributed by atoms with Gasteiger partial charge in [-0.25, -0.2) is 0 Å². The van der Waals surface area contributed by atoms with Crippen LogP contribution < -0.4 is 5.73 Å². The first kappa shape index (κ1) is 16.0. The molecule has 0 spiro atoms. The van der Waals surface area contributed by atoms with Crippen LogP contribution in [0.3, 0.4) is 0 Å². The quantitative estimate of drug-likeness (QED) is 0.897. The summed E-state index contributed by atoms with van der Waals surface area (Å²) in [6, 6.07) is 7.40. The Bertz CT molecular complexity index is 497. The molecule has 2 rings (SSSR count). The maximum atomic E-state index is 12.9. The highest BCUT2D eigenvalue weighted by atomic mass is 35.5.